The van der Waals surface area contributed by atoms with Gasteiger partial charge in [-0.25, -0.2) is 12.8 Å². The summed E-state index contributed by atoms with van der Waals surface area (Å²) in [6.45, 7) is 0.293. The van der Waals surface area contributed by atoms with E-state index in [2.05, 4.69) is 5.10 Å². The summed E-state index contributed by atoms with van der Waals surface area (Å²) in [6, 6.07) is 17.2. The van der Waals surface area contributed by atoms with Crippen molar-refractivity contribution in [2.45, 2.75) is 11.7 Å². The summed E-state index contributed by atoms with van der Waals surface area (Å²) in [5.41, 5.74) is 2.12. The van der Waals surface area contributed by atoms with E-state index in [0.717, 1.165) is 5.56 Å². The molecule has 0 aliphatic carbocycles. The van der Waals surface area contributed by atoms with Crippen molar-refractivity contribution < 1.29 is 17.6 Å². The zero-order valence-corrected chi connectivity index (χ0v) is 17.3. The molecule has 6 nitrogen and oxygen atoms in total. The van der Waals surface area contributed by atoms with Crippen molar-refractivity contribution in [1.29, 1.82) is 0 Å². The number of amides is 1. The van der Waals surface area contributed by atoms with Crippen LogP contribution in [-0.2, 0) is 16.9 Å². The van der Waals surface area contributed by atoms with Crippen LogP contribution in [0.15, 0.2) is 60.7 Å². The molecule has 1 amide bonds. The Labute approximate surface area is 174 Å². The number of benzene rings is 2. The molecular weight excluding hydrogens is 405 g/mol. The Balaban J connectivity index is 1.58. The number of hydrogen-bond acceptors (Lipinski definition) is 4. The fraction of sp³-hybridized carbons (Fsp3) is 0.273. The maximum absolute atomic E-state index is 14.2. The summed E-state index contributed by atoms with van der Waals surface area (Å²) in [5, 5.41) is 3.47. The van der Waals surface area contributed by atoms with Crippen molar-refractivity contribution in [3.05, 3.63) is 77.7 Å². The van der Waals surface area contributed by atoms with Gasteiger partial charge in [0, 0.05) is 31.3 Å². The minimum absolute atomic E-state index is 0.0674. The molecule has 0 saturated carbocycles. The number of halogens is 1. The highest BCUT2D eigenvalue weighted by Gasteiger charge is 2.34. The summed E-state index contributed by atoms with van der Waals surface area (Å²) in [4.78, 5) is 14.7. The van der Waals surface area contributed by atoms with Gasteiger partial charge in [-0.15, -0.1) is 0 Å². The van der Waals surface area contributed by atoms with Gasteiger partial charge < -0.3 is 4.90 Å². The van der Waals surface area contributed by atoms with Crippen molar-refractivity contribution in [3.63, 3.8) is 0 Å². The van der Waals surface area contributed by atoms with Crippen LogP contribution in [0, 0.1) is 5.82 Å². The van der Waals surface area contributed by atoms with Gasteiger partial charge in [0.05, 0.1) is 16.7 Å². The third-order valence-corrected chi connectivity index (χ3v) is 7.56. The SMILES string of the molecule is Cn1nc(-c2ccccc2)cc1C(=O)N1CCC(c2ccccc2F)S(=O)(=O)CC1. The van der Waals surface area contributed by atoms with Crippen LogP contribution >= 0.6 is 0 Å². The number of hydrogen-bond donors (Lipinski definition) is 0. The monoisotopic (exact) mass is 427 g/mol. The molecule has 3 aromatic rings. The number of sulfone groups is 1. The first-order valence-electron chi connectivity index (χ1n) is 9.71. The van der Waals surface area contributed by atoms with E-state index in [1.54, 1.807) is 19.2 Å². The zero-order valence-electron chi connectivity index (χ0n) is 16.5. The van der Waals surface area contributed by atoms with Crippen molar-refractivity contribution in [2.75, 3.05) is 18.8 Å². The molecule has 30 heavy (non-hydrogen) atoms. The quantitative estimate of drug-likeness (QED) is 0.643. The van der Waals surface area contributed by atoms with Crippen LogP contribution < -0.4 is 0 Å². The van der Waals surface area contributed by atoms with Crippen LogP contribution in [-0.4, -0.2) is 47.8 Å². The summed E-state index contributed by atoms with van der Waals surface area (Å²) in [7, 11) is -1.90. The topological polar surface area (TPSA) is 72.3 Å². The molecule has 2 aromatic carbocycles. The second-order valence-electron chi connectivity index (χ2n) is 7.36. The summed E-state index contributed by atoms with van der Waals surface area (Å²) >= 11 is 0. The average molecular weight is 428 g/mol. The molecule has 0 radical (unpaired) electrons. The Morgan fingerprint density at radius 3 is 2.50 bits per heavy atom. The van der Waals surface area contributed by atoms with Gasteiger partial charge in [-0.1, -0.05) is 48.5 Å². The number of aromatic nitrogens is 2. The third-order valence-electron chi connectivity index (χ3n) is 5.45. The minimum Gasteiger partial charge on any atom is -0.336 e. The Kier molecular flexibility index (Phi) is 5.42. The largest absolute Gasteiger partial charge is 0.336 e. The standard InChI is InChI=1S/C22H22FN3O3S/c1-25-20(15-19(24-25)16-7-3-2-4-8-16)22(27)26-12-11-21(30(28,29)14-13-26)17-9-5-6-10-18(17)23/h2-10,15,21H,11-14H2,1H3. The predicted molar refractivity (Wildman–Crippen MR) is 112 cm³/mol. The molecule has 0 N–H and O–H groups in total. The number of rotatable bonds is 3. The van der Waals surface area contributed by atoms with E-state index in [1.807, 2.05) is 30.3 Å². The Hall–Kier alpha value is -3.00. The first-order valence-corrected chi connectivity index (χ1v) is 11.4. The van der Waals surface area contributed by atoms with E-state index in [1.165, 1.54) is 27.8 Å². The van der Waals surface area contributed by atoms with E-state index in [0.29, 0.717) is 11.4 Å². The molecule has 1 aliphatic rings. The zero-order chi connectivity index (χ0) is 21.3. The lowest BCUT2D eigenvalue weighted by molar-refractivity contribution is 0.0755. The van der Waals surface area contributed by atoms with E-state index in [9.17, 15) is 17.6 Å². The van der Waals surface area contributed by atoms with Crippen LogP contribution in [0.25, 0.3) is 11.3 Å². The number of carbonyl (C=O) groups excluding carboxylic acids is 1. The summed E-state index contributed by atoms with van der Waals surface area (Å²) < 4.78 is 41.3. The number of aryl methyl sites for hydroxylation is 1. The number of nitrogens with zero attached hydrogens (tertiary/aromatic N) is 3. The molecule has 1 fully saturated rings. The smallest absolute Gasteiger partial charge is 0.272 e. The van der Waals surface area contributed by atoms with Gasteiger partial charge in [0.2, 0.25) is 0 Å². The van der Waals surface area contributed by atoms with Crippen molar-refractivity contribution in [1.82, 2.24) is 14.7 Å². The van der Waals surface area contributed by atoms with Crippen molar-refractivity contribution >= 4 is 15.7 Å². The van der Waals surface area contributed by atoms with E-state index in [-0.39, 0.29) is 36.7 Å². The molecule has 8 heteroatoms. The highest BCUT2D eigenvalue weighted by molar-refractivity contribution is 7.91. The highest BCUT2D eigenvalue weighted by Crippen LogP contribution is 2.31. The van der Waals surface area contributed by atoms with Crippen LogP contribution in [0.1, 0.15) is 27.7 Å². The summed E-state index contributed by atoms with van der Waals surface area (Å²) in [6.07, 6.45) is 0.151. The van der Waals surface area contributed by atoms with Crippen LogP contribution in [0.2, 0.25) is 0 Å². The van der Waals surface area contributed by atoms with E-state index in [4.69, 9.17) is 0 Å². The van der Waals surface area contributed by atoms with Gasteiger partial charge in [-0.3, -0.25) is 9.48 Å². The molecule has 0 spiro atoms. The maximum atomic E-state index is 14.2. The van der Waals surface area contributed by atoms with Crippen LogP contribution in [0.3, 0.4) is 0 Å². The first-order chi connectivity index (χ1) is 14.4. The predicted octanol–water partition coefficient (Wildman–Crippen LogP) is 3.23. The normalized spacial score (nSPS) is 18.7. The molecule has 1 atom stereocenters. The van der Waals surface area contributed by atoms with Crippen molar-refractivity contribution in [3.8, 4) is 11.3 Å². The second-order valence-corrected chi connectivity index (χ2v) is 9.67. The molecule has 1 aromatic heterocycles. The second kappa shape index (κ2) is 8.02. The van der Waals surface area contributed by atoms with Crippen molar-refractivity contribution in [2.24, 2.45) is 7.05 Å². The van der Waals surface area contributed by atoms with Crippen LogP contribution in [0.5, 0.6) is 0 Å². The van der Waals surface area contributed by atoms with Gasteiger partial charge in [-0.05, 0) is 18.6 Å². The molecule has 4 rings (SSSR count). The Bertz CT molecular complexity index is 1180. The maximum Gasteiger partial charge on any atom is 0.272 e. The third kappa shape index (κ3) is 3.87. The molecule has 156 valence electrons. The summed E-state index contributed by atoms with van der Waals surface area (Å²) in [5.74, 6) is -1.03. The fourth-order valence-corrected chi connectivity index (χ4v) is 5.61. The number of carbonyl (C=O) groups is 1. The lowest BCUT2D eigenvalue weighted by atomic mass is 10.1. The Morgan fingerprint density at radius 2 is 1.77 bits per heavy atom. The fourth-order valence-electron chi connectivity index (χ4n) is 3.81. The van der Waals surface area contributed by atoms with Gasteiger partial charge >= 0.3 is 0 Å². The lowest BCUT2D eigenvalue weighted by Gasteiger charge is -2.20. The van der Waals surface area contributed by atoms with Gasteiger partial charge in [0.15, 0.2) is 9.84 Å². The van der Waals surface area contributed by atoms with Gasteiger partial charge in [0.25, 0.3) is 5.91 Å². The molecule has 1 unspecified atom stereocenters. The van der Waals surface area contributed by atoms with Gasteiger partial charge in [0.1, 0.15) is 11.5 Å². The molecule has 2 heterocycles. The van der Waals surface area contributed by atoms with E-state index < -0.39 is 20.9 Å². The molecule has 0 bridgehead atoms. The Morgan fingerprint density at radius 1 is 1.07 bits per heavy atom. The molecule has 1 saturated heterocycles. The lowest BCUT2D eigenvalue weighted by Crippen LogP contribution is -2.34. The van der Waals surface area contributed by atoms with Crippen LogP contribution in [0.4, 0.5) is 4.39 Å². The average Bonchev–Trinajstić information content (AvgIpc) is 3.05. The molecular formula is C22H22FN3O3S. The highest BCUT2D eigenvalue weighted by atomic mass is 32.2. The first kappa shape index (κ1) is 20.3. The van der Waals surface area contributed by atoms with E-state index >= 15 is 0 Å². The van der Waals surface area contributed by atoms with Gasteiger partial charge in [-0.2, -0.15) is 5.10 Å². The molecule has 1 aliphatic heterocycles. The minimum atomic E-state index is -3.59.